The van der Waals surface area contributed by atoms with Gasteiger partial charge in [-0.05, 0) is 44.0 Å². The second-order valence-electron chi connectivity index (χ2n) is 4.95. The molecule has 0 saturated carbocycles. The predicted molar refractivity (Wildman–Crippen MR) is 77.8 cm³/mol. The van der Waals surface area contributed by atoms with Crippen molar-refractivity contribution in [3.63, 3.8) is 0 Å². The summed E-state index contributed by atoms with van der Waals surface area (Å²) < 4.78 is 1.16. The van der Waals surface area contributed by atoms with Crippen LogP contribution >= 0.6 is 15.9 Å². The zero-order valence-electron chi connectivity index (χ0n) is 10.8. The van der Waals surface area contributed by atoms with Crippen LogP contribution in [0.25, 0.3) is 0 Å². The summed E-state index contributed by atoms with van der Waals surface area (Å²) in [6.45, 7) is 8.92. The molecule has 1 N–H and O–H groups in total. The Morgan fingerprint density at radius 2 is 2.24 bits per heavy atom. The fraction of sp³-hybridized carbons (Fsp3) is 0.571. The summed E-state index contributed by atoms with van der Waals surface area (Å²) in [5.41, 5.74) is 2.73. The average Bonchev–Trinajstić information content (AvgIpc) is 2.30. The van der Waals surface area contributed by atoms with Gasteiger partial charge in [0.15, 0.2) is 0 Å². The fourth-order valence-electron chi connectivity index (χ4n) is 2.48. The molecule has 1 aliphatic heterocycles. The number of nitrogens with one attached hydrogen (secondary N) is 1. The number of nitrogens with zero attached hydrogens (tertiary/aromatic N) is 1. The molecule has 2 nitrogen and oxygen atoms in total. The van der Waals surface area contributed by atoms with E-state index in [1.807, 2.05) is 0 Å². The Labute approximate surface area is 113 Å². The predicted octanol–water partition coefficient (Wildman–Crippen LogP) is 3.33. The topological polar surface area (TPSA) is 15.3 Å². The van der Waals surface area contributed by atoms with Crippen molar-refractivity contribution in [2.45, 2.75) is 39.3 Å². The van der Waals surface area contributed by atoms with Gasteiger partial charge >= 0.3 is 0 Å². The molecule has 1 aliphatic rings. The Balaban J connectivity index is 2.24. The molecular weight excluding hydrogens is 276 g/mol. The highest BCUT2D eigenvalue weighted by Gasteiger charge is 2.24. The molecule has 94 valence electrons. The summed E-state index contributed by atoms with van der Waals surface area (Å²) in [6.07, 6.45) is 1.19. The van der Waals surface area contributed by atoms with Crippen molar-refractivity contribution < 1.29 is 0 Å². The number of rotatable bonds is 2. The summed E-state index contributed by atoms with van der Waals surface area (Å²) in [7, 11) is 0. The highest BCUT2D eigenvalue weighted by molar-refractivity contribution is 9.10. The number of hydrogen-bond acceptors (Lipinski definition) is 2. The zero-order chi connectivity index (χ0) is 12.4. The van der Waals surface area contributed by atoms with Gasteiger partial charge in [-0.15, -0.1) is 0 Å². The first-order valence-electron chi connectivity index (χ1n) is 6.38. The van der Waals surface area contributed by atoms with Gasteiger partial charge in [0.2, 0.25) is 0 Å². The molecule has 17 heavy (non-hydrogen) atoms. The normalized spacial score (nSPS) is 25.1. The molecule has 1 aromatic carbocycles. The van der Waals surface area contributed by atoms with Gasteiger partial charge in [-0.1, -0.05) is 22.9 Å². The third kappa shape index (κ3) is 2.83. The highest BCUT2D eigenvalue weighted by atomic mass is 79.9. The van der Waals surface area contributed by atoms with Gasteiger partial charge in [0, 0.05) is 35.3 Å². The minimum Gasteiger partial charge on any atom is -0.366 e. The maximum Gasteiger partial charge on any atom is 0.0400 e. The van der Waals surface area contributed by atoms with E-state index in [1.54, 1.807) is 0 Å². The number of halogens is 1. The van der Waals surface area contributed by atoms with Crippen LogP contribution in [0.1, 0.15) is 25.8 Å². The SMILES string of the molecule is CCC1CN(c2ccc(Br)cc2C)C(C)CN1. The largest absolute Gasteiger partial charge is 0.366 e. The van der Waals surface area contributed by atoms with E-state index in [2.05, 4.69) is 65.1 Å². The van der Waals surface area contributed by atoms with Crippen LogP contribution in [-0.2, 0) is 0 Å². The van der Waals surface area contributed by atoms with E-state index < -0.39 is 0 Å². The van der Waals surface area contributed by atoms with Crippen molar-refractivity contribution >= 4 is 21.6 Å². The first-order valence-corrected chi connectivity index (χ1v) is 7.17. The fourth-order valence-corrected chi connectivity index (χ4v) is 2.96. The molecule has 0 amide bonds. The maximum atomic E-state index is 3.60. The zero-order valence-corrected chi connectivity index (χ0v) is 12.4. The number of benzene rings is 1. The molecule has 0 spiro atoms. The lowest BCUT2D eigenvalue weighted by Crippen LogP contribution is -2.55. The minimum atomic E-state index is 0.567. The Morgan fingerprint density at radius 3 is 2.88 bits per heavy atom. The van der Waals surface area contributed by atoms with Crippen LogP contribution in [0.3, 0.4) is 0 Å². The summed E-state index contributed by atoms with van der Waals surface area (Å²) >= 11 is 3.53. The molecule has 2 unspecified atom stereocenters. The first-order chi connectivity index (χ1) is 8.11. The van der Waals surface area contributed by atoms with E-state index in [0.717, 1.165) is 17.6 Å². The second kappa shape index (κ2) is 5.40. The third-order valence-corrected chi connectivity index (χ3v) is 4.11. The van der Waals surface area contributed by atoms with Crippen LogP contribution in [0.2, 0.25) is 0 Å². The third-order valence-electron chi connectivity index (χ3n) is 3.61. The first kappa shape index (κ1) is 12.9. The van der Waals surface area contributed by atoms with Crippen molar-refractivity contribution in [1.29, 1.82) is 0 Å². The van der Waals surface area contributed by atoms with E-state index in [1.165, 1.54) is 17.7 Å². The minimum absolute atomic E-state index is 0.567. The molecule has 3 heteroatoms. The van der Waals surface area contributed by atoms with Gasteiger partial charge in [0.1, 0.15) is 0 Å². The molecule has 0 aliphatic carbocycles. The number of hydrogen-bond donors (Lipinski definition) is 1. The highest BCUT2D eigenvalue weighted by Crippen LogP contribution is 2.27. The van der Waals surface area contributed by atoms with Crippen molar-refractivity contribution in [1.82, 2.24) is 5.32 Å². The Bertz CT molecular complexity index is 392. The lowest BCUT2D eigenvalue weighted by atomic mass is 10.1. The summed E-state index contributed by atoms with van der Waals surface area (Å²) in [6, 6.07) is 7.75. The summed E-state index contributed by atoms with van der Waals surface area (Å²) in [4.78, 5) is 2.53. The van der Waals surface area contributed by atoms with E-state index >= 15 is 0 Å². The van der Waals surface area contributed by atoms with Crippen molar-refractivity contribution in [3.05, 3.63) is 28.2 Å². The van der Waals surface area contributed by atoms with Crippen LogP contribution in [0.4, 0.5) is 5.69 Å². The van der Waals surface area contributed by atoms with Crippen LogP contribution in [0.15, 0.2) is 22.7 Å². The Kier molecular flexibility index (Phi) is 4.10. The quantitative estimate of drug-likeness (QED) is 0.900. The van der Waals surface area contributed by atoms with E-state index in [9.17, 15) is 0 Å². The van der Waals surface area contributed by atoms with Gasteiger partial charge in [0.05, 0.1) is 0 Å². The Hall–Kier alpha value is -0.540. The second-order valence-corrected chi connectivity index (χ2v) is 5.86. The van der Waals surface area contributed by atoms with E-state index in [-0.39, 0.29) is 0 Å². The van der Waals surface area contributed by atoms with E-state index in [4.69, 9.17) is 0 Å². The van der Waals surface area contributed by atoms with Gasteiger partial charge in [0.25, 0.3) is 0 Å². The number of anilines is 1. The van der Waals surface area contributed by atoms with Crippen LogP contribution in [0.5, 0.6) is 0 Å². The Morgan fingerprint density at radius 1 is 1.47 bits per heavy atom. The van der Waals surface area contributed by atoms with Gasteiger partial charge in [-0.3, -0.25) is 0 Å². The van der Waals surface area contributed by atoms with Crippen molar-refractivity contribution in [2.24, 2.45) is 0 Å². The van der Waals surface area contributed by atoms with Gasteiger partial charge in [-0.25, -0.2) is 0 Å². The van der Waals surface area contributed by atoms with Gasteiger partial charge in [-0.2, -0.15) is 0 Å². The van der Waals surface area contributed by atoms with Crippen molar-refractivity contribution in [2.75, 3.05) is 18.0 Å². The molecule has 0 aromatic heterocycles. The van der Waals surface area contributed by atoms with Crippen LogP contribution in [0, 0.1) is 6.92 Å². The number of aryl methyl sites for hydroxylation is 1. The lowest BCUT2D eigenvalue weighted by molar-refractivity contribution is 0.397. The molecule has 1 heterocycles. The molecule has 2 atom stereocenters. The smallest absolute Gasteiger partial charge is 0.0400 e. The molecule has 0 radical (unpaired) electrons. The summed E-state index contributed by atoms with van der Waals surface area (Å²) in [5.74, 6) is 0. The molecule has 0 bridgehead atoms. The average molecular weight is 297 g/mol. The molecular formula is C14H21BrN2. The standard InChI is InChI=1S/C14H21BrN2/c1-4-13-9-17(11(3)8-16-13)14-6-5-12(15)7-10(14)2/h5-7,11,13,16H,4,8-9H2,1-3H3. The lowest BCUT2D eigenvalue weighted by Gasteiger charge is -2.41. The monoisotopic (exact) mass is 296 g/mol. The van der Waals surface area contributed by atoms with E-state index in [0.29, 0.717) is 12.1 Å². The molecule has 1 fully saturated rings. The maximum absolute atomic E-state index is 3.60. The molecule has 1 aromatic rings. The van der Waals surface area contributed by atoms with Crippen molar-refractivity contribution in [3.8, 4) is 0 Å². The molecule has 2 rings (SSSR count). The van der Waals surface area contributed by atoms with Crippen LogP contribution < -0.4 is 10.2 Å². The number of piperazine rings is 1. The van der Waals surface area contributed by atoms with Crippen LogP contribution in [-0.4, -0.2) is 25.2 Å². The summed E-state index contributed by atoms with van der Waals surface area (Å²) in [5, 5.41) is 3.60. The van der Waals surface area contributed by atoms with Gasteiger partial charge < -0.3 is 10.2 Å². The molecule has 1 saturated heterocycles.